The molecule has 0 bridgehead atoms. The number of hydrogen-bond donors (Lipinski definition) is 1. The second kappa shape index (κ2) is 10.9. The van der Waals surface area contributed by atoms with Gasteiger partial charge in [-0.3, -0.25) is 4.79 Å². The van der Waals surface area contributed by atoms with Crippen molar-refractivity contribution in [3.63, 3.8) is 0 Å². The molecule has 1 aliphatic heterocycles. The van der Waals surface area contributed by atoms with Gasteiger partial charge in [0, 0.05) is 18.0 Å². The van der Waals surface area contributed by atoms with E-state index in [0.717, 1.165) is 17.4 Å². The van der Waals surface area contributed by atoms with E-state index in [1.807, 2.05) is 58.0 Å². The molecule has 1 amide bonds. The van der Waals surface area contributed by atoms with Gasteiger partial charge in [0.1, 0.15) is 12.4 Å². The fraction of sp³-hybridized carbons (Fsp3) is 0.312. The van der Waals surface area contributed by atoms with Crippen molar-refractivity contribution in [2.24, 2.45) is 0 Å². The Hall–Kier alpha value is -3.88. The molecule has 0 unspecified atom stereocenters. The van der Waals surface area contributed by atoms with Gasteiger partial charge in [-0.1, -0.05) is 60.7 Å². The molecule has 1 N–H and O–H groups in total. The average molecular weight is 539 g/mol. The molecule has 40 heavy (non-hydrogen) atoms. The van der Waals surface area contributed by atoms with Crippen LogP contribution in [0.5, 0.6) is 5.75 Å². The van der Waals surface area contributed by atoms with Crippen LogP contribution in [0.15, 0.2) is 72.2 Å². The molecule has 0 spiro atoms. The number of carbonyl (C=O) groups excluding carboxylic acids is 2. The van der Waals surface area contributed by atoms with Gasteiger partial charge in [0.15, 0.2) is 6.29 Å². The summed E-state index contributed by atoms with van der Waals surface area (Å²) < 4.78 is 23.5. The van der Waals surface area contributed by atoms with Crippen LogP contribution in [0.2, 0.25) is 0 Å². The van der Waals surface area contributed by atoms with E-state index in [1.165, 1.54) is 11.1 Å². The number of hydrogen-bond acceptors (Lipinski definition) is 6. The van der Waals surface area contributed by atoms with Crippen LogP contribution in [0.1, 0.15) is 60.7 Å². The van der Waals surface area contributed by atoms with Gasteiger partial charge in [-0.25, -0.2) is 4.79 Å². The number of nitrogens with one attached hydrogen (secondary N) is 1. The van der Waals surface area contributed by atoms with Gasteiger partial charge in [-0.15, -0.1) is 0 Å². The fourth-order valence-electron chi connectivity index (χ4n) is 5.13. The van der Waals surface area contributed by atoms with Crippen molar-refractivity contribution in [1.82, 2.24) is 5.32 Å². The zero-order chi connectivity index (χ0) is 28.5. The van der Waals surface area contributed by atoms with Crippen LogP contribution >= 0.6 is 0 Å². The molecule has 3 aromatic rings. The lowest BCUT2D eigenvalue weighted by Gasteiger charge is -2.32. The number of amides is 1. The highest BCUT2D eigenvalue weighted by Gasteiger charge is 2.52. The van der Waals surface area contributed by atoms with Crippen molar-refractivity contribution in [3.8, 4) is 16.9 Å². The molecule has 5 rings (SSSR count). The van der Waals surface area contributed by atoms with E-state index in [4.69, 9.17) is 18.8 Å². The molecule has 0 saturated carbocycles. The van der Waals surface area contributed by atoms with E-state index < -0.39 is 24.4 Å². The third kappa shape index (κ3) is 5.29. The van der Waals surface area contributed by atoms with E-state index in [1.54, 1.807) is 25.3 Å². The van der Waals surface area contributed by atoms with E-state index in [0.29, 0.717) is 22.3 Å². The van der Waals surface area contributed by atoms with Crippen LogP contribution in [-0.2, 0) is 14.0 Å². The van der Waals surface area contributed by atoms with Gasteiger partial charge in [0.2, 0.25) is 0 Å². The standard InChI is InChI=1S/C32H34BNO6/c1-31(2)32(3,4)40-33(39-31)23(16-21-14-15-24(37-5)17-22(21)19-35)18-34-30(36)38-20-29-27-12-8-6-10-25(27)26-11-7-9-13-28(26)29/h6-17,19,29H,18,20H2,1-5H3,(H,34,36). The third-order valence-electron chi connectivity index (χ3n) is 8.10. The van der Waals surface area contributed by atoms with Gasteiger partial charge < -0.3 is 24.1 Å². The number of ether oxygens (including phenoxy) is 2. The van der Waals surface area contributed by atoms with Gasteiger partial charge >= 0.3 is 13.2 Å². The lowest BCUT2D eigenvalue weighted by atomic mass is 9.76. The lowest BCUT2D eigenvalue weighted by Crippen LogP contribution is -2.41. The maximum Gasteiger partial charge on any atom is 0.492 e. The first-order valence-corrected chi connectivity index (χ1v) is 13.4. The molecule has 1 fully saturated rings. The molecule has 1 heterocycles. The van der Waals surface area contributed by atoms with Crippen LogP contribution in [0.3, 0.4) is 0 Å². The van der Waals surface area contributed by atoms with E-state index >= 15 is 0 Å². The maximum atomic E-state index is 12.9. The minimum atomic E-state index is -0.722. The van der Waals surface area contributed by atoms with E-state index in [9.17, 15) is 9.59 Å². The predicted octanol–water partition coefficient (Wildman–Crippen LogP) is 6.06. The molecule has 2 aliphatic rings. The van der Waals surface area contributed by atoms with Crippen molar-refractivity contribution < 1.29 is 28.4 Å². The zero-order valence-corrected chi connectivity index (χ0v) is 23.5. The highest BCUT2D eigenvalue weighted by atomic mass is 16.7. The van der Waals surface area contributed by atoms with Gasteiger partial charge in [0.05, 0.1) is 18.3 Å². The number of alkyl carbamates (subject to hydrolysis) is 1. The number of rotatable bonds is 8. The largest absolute Gasteiger partial charge is 0.497 e. The number of carbonyl (C=O) groups is 2. The Morgan fingerprint density at radius 1 is 0.925 bits per heavy atom. The molecule has 1 saturated heterocycles. The smallest absolute Gasteiger partial charge is 0.492 e. The Morgan fingerprint density at radius 2 is 1.52 bits per heavy atom. The molecular weight excluding hydrogens is 505 g/mol. The molecule has 8 heteroatoms. The Balaban J connectivity index is 1.33. The first-order chi connectivity index (χ1) is 19.1. The molecule has 0 aromatic heterocycles. The minimum absolute atomic E-state index is 0.0364. The van der Waals surface area contributed by atoms with Crippen molar-refractivity contribution in [1.29, 1.82) is 0 Å². The lowest BCUT2D eigenvalue weighted by molar-refractivity contribution is 0.00578. The van der Waals surface area contributed by atoms with Gasteiger partial charge in [0.25, 0.3) is 0 Å². The van der Waals surface area contributed by atoms with Crippen molar-refractivity contribution in [2.45, 2.75) is 44.8 Å². The summed E-state index contributed by atoms with van der Waals surface area (Å²) in [6.45, 7) is 8.18. The van der Waals surface area contributed by atoms with Crippen molar-refractivity contribution >= 4 is 25.6 Å². The van der Waals surface area contributed by atoms with Gasteiger partial charge in [-0.05, 0) is 73.1 Å². The summed E-state index contributed by atoms with van der Waals surface area (Å²) in [5.74, 6) is 0.541. The Labute approximate surface area is 235 Å². The second-order valence-electron chi connectivity index (χ2n) is 11.1. The number of benzene rings is 3. The van der Waals surface area contributed by atoms with E-state index in [2.05, 4.69) is 29.6 Å². The zero-order valence-electron chi connectivity index (χ0n) is 23.5. The van der Waals surface area contributed by atoms with Gasteiger partial charge in [-0.2, -0.15) is 0 Å². The fourth-order valence-corrected chi connectivity index (χ4v) is 5.13. The normalized spacial score (nSPS) is 17.2. The molecule has 206 valence electrons. The van der Waals surface area contributed by atoms with E-state index in [-0.39, 0.29) is 19.1 Å². The predicted molar refractivity (Wildman–Crippen MR) is 156 cm³/mol. The van der Waals surface area contributed by atoms with Crippen LogP contribution in [0.25, 0.3) is 17.2 Å². The molecular formula is C32H34BNO6. The first-order valence-electron chi connectivity index (χ1n) is 13.4. The number of aldehydes is 1. The summed E-state index contributed by atoms with van der Waals surface area (Å²) >= 11 is 0. The monoisotopic (exact) mass is 539 g/mol. The number of methoxy groups -OCH3 is 1. The quantitative estimate of drug-likeness (QED) is 0.277. The first kappa shape index (κ1) is 27.7. The van der Waals surface area contributed by atoms with Crippen molar-refractivity contribution in [3.05, 3.63) is 94.5 Å². The summed E-state index contributed by atoms with van der Waals surface area (Å²) in [4.78, 5) is 24.8. The topological polar surface area (TPSA) is 83.1 Å². The Kier molecular flexibility index (Phi) is 7.58. The summed E-state index contributed by atoms with van der Waals surface area (Å²) in [5, 5.41) is 2.86. The molecule has 0 radical (unpaired) electrons. The summed E-state index contributed by atoms with van der Waals surface area (Å²) in [7, 11) is 0.827. The summed E-state index contributed by atoms with van der Waals surface area (Å²) in [5.41, 5.74) is 5.25. The Morgan fingerprint density at radius 3 is 2.10 bits per heavy atom. The Bertz CT molecular complexity index is 1400. The molecule has 3 aromatic carbocycles. The SMILES string of the molecule is COc1ccc(C=C(CNC(=O)OCC2c3ccccc3-c3ccccc32)B2OC(C)(C)C(C)(C)O2)c(C=O)c1. The van der Waals surface area contributed by atoms with Crippen molar-refractivity contribution in [2.75, 3.05) is 20.3 Å². The van der Waals surface area contributed by atoms with Crippen LogP contribution in [0, 0.1) is 0 Å². The molecule has 1 aliphatic carbocycles. The second-order valence-corrected chi connectivity index (χ2v) is 11.1. The highest BCUT2D eigenvalue weighted by Crippen LogP contribution is 2.44. The number of fused-ring (bicyclic) bond motifs is 3. The summed E-state index contributed by atoms with van der Waals surface area (Å²) in [6.07, 6.45) is 2.04. The molecule has 0 atom stereocenters. The molecule has 7 nitrogen and oxygen atoms in total. The minimum Gasteiger partial charge on any atom is -0.497 e. The van der Waals surface area contributed by atoms with Crippen LogP contribution in [-0.4, -0.2) is 51.0 Å². The highest BCUT2D eigenvalue weighted by molar-refractivity contribution is 6.56. The average Bonchev–Trinajstić information content (AvgIpc) is 3.38. The van der Waals surface area contributed by atoms with Crippen LogP contribution < -0.4 is 10.1 Å². The third-order valence-corrected chi connectivity index (χ3v) is 8.10. The maximum absolute atomic E-state index is 12.9. The summed E-state index contributed by atoms with van der Waals surface area (Å²) in [6, 6.07) is 21.7. The van der Waals surface area contributed by atoms with Crippen LogP contribution in [0.4, 0.5) is 4.79 Å².